The Hall–Kier alpha value is -2.63. The standard InChI is InChI=1S/C22H28N4O2/c1-24-14-17(13-23-24)15-25(19-8-3-2-4-9-19)22(28)16-26-20-10-6-5-7-18(20)11-12-21(26)27/h5-7,10,13-14,19H,2-4,8-9,11-12,15-16H2,1H3. The number of fused-ring (bicyclic) bond motifs is 1. The summed E-state index contributed by atoms with van der Waals surface area (Å²) < 4.78 is 1.77. The second kappa shape index (κ2) is 8.17. The number of carbonyl (C=O) groups is 2. The zero-order valence-corrected chi connectivity index (χ0v) is 16.5. The van der Waals surface area contributed by atoms with Gasteiger partial charge >= 0.3 is 0 Å². The minimum Gasteiger partial charge on any atom is -0.334 e. The topological polar surface area (TPSA) is 58.4 Å². The van der Waals surface area contributed by atoms with Gasteiger partial charge in [-0.05, 0) is 30.9 Å². The van der Waals surface area contributed by atoms with Gasteiger partial charge in [0.1, 0.15) is 6.54 Å². The van der Waals surface area contributed by atoms with E-state index in [1.165, 1.54) is 6.42 Å². The van der Waals surface area contributed by atoms with Crippen LogP contribution in [-0.4, -0.2) is 39.1 Å². The van der Waals surface area contributed by atoms with E-state index in [0.29, 0.717) is 13.0 Å². The van der Waals surface area contributed by atoms with Crippen molar-refractivity contribution in [2.24, 2.45) is 7.05 Å². The monoisotopic (exact) mass is 380 g/mol. The molecule has 1 aliphatic heterocycles. The molecule has 2 amide bonds. The van der Waals surface area contributed by atoms with Gasteiger partial charge in [0, 0.05) is 43.5 Å². The molecule has 4 rings (SSSR count). The van der Waals surface area contributed by atoms with E-state index in [4.69, 9.17) is 0 Å². The van der Waals surface area contributed by atoms with Gasteiger partial charge in [0.2, 0.25) is 11.8 Å². The van der Waals surface area contributed by atoms with Gasteiger partial charge in [0.15, 0.2) is 0 Å². The van der Waals surface area contributed by atoms with Crippen molar-refractivity contribution in [1.82, 2.24) is 14.7 Å². The van der Waals surface area contributed by atoms with Crippen LogP contribution in [0.1, 0.15) is 49.7 Å². The molecule has 1 fully saturated rings. The molecule has 0 radical (unpaired) electrons. The maximum Gasteiger partial charge on any atom is 0.243 e. The molecule has 2 aromatic rings. The fourth-order valence-corrected chi connectivity index (χ4v) is 4.46. The number of anilines is 1. The van der Waals surface area contributed by atoms with Crippen LogP contribution >= 0.6 is 0 Å². The summed E-state index contributed by atoms with van der Waals surface area (Å²) in [6, 6.07) is 8.17. The summed E-state index contributed by atoms with van der Waals surface area (Å²) in [5.74, 6) is 0.0674. The highest BCUT2D eigenvalue weighted by atomic mass is 16.2. The lowest BCUT2D eigenvalue weighted by molar-refractivity contribution is -0.134. The van der Waals surface area contributed by atoms with E-state index in [9.17, 15) is 9.59 Å². The zero-order valence-electron chi connectivity index (χ0n) is 16.5. The van der Waals surface area contributed by atoms with Gasteiger partial charge < -0.3 is 9.80 Å². The Bertz CT molecular complexity index is 854. The van der Waals surface area contributed by atoms with Crippen molar-refractivity contribution in [2.75, 3.05) is 11.4 Å². The summed E-state index contributed by atoms with van der Waals surface area (Å²) in [4.78, 5) is 29.6. The Morgan fingerprint density at radius 1 is 1.18 bits per heavy atom. The number of nitrogens with zero attached hydrogens (tertiary/aromatic N) is 4. The molecule has 2 aliphatic rings. The van der Waals surface area contributed by atoms with Gasteiger partial charge in [0.25, 0.3) is 0 Å². The summed E-state index contributed by atoms with van der Waals surface area (Å²) in [5, 5.41) is 4.25. The van der Waals surface area contributed by atoms with E-state index >= 15 is 0 Å². The van der Waals surface area contributed by atoms with Crippen molar-refractivity contribution >= 4 is 17.5 Å². The van der Waals surface area contributed by atoms with Crippen LogP contribution in [0.3, 0.4) is 0 Å². The van der Waals surface area contributed by atoms with Crippen LogP contribution < -0.4 is 4.90 Å². The third kappa shape index (κ3) is 3.96. The SMILES string of the molecule is Cn1cc(CN(C(=O)CN2C(=O)CCc3ccccc32)C2CCCCC2)cn1. The normalized spacial score (nSPS) is 17.5. The molecule has 0 saturated heterocycles. The van der Waals surface area contributed by atoms with Crippen molar-refractivity contribution in [1.29, 1.82) is 0 Å². The van der Waals surface area contributed by atoms with Crippen molar-refractivity contribution in [2.45, 2.75) is 57.5 Å². The molecule has 0 N–H and O–H groups in total. The summed E-state index contributed by atoms with van der Waals surface area (Å²) >= 11 is 0. The van der Waals surface area contributed by atoms with E-state index in [1.807, 2.05) is 48.6 Å². The molecule has 6 heteroatoms. The number of hydrogen-bond donors (Lipinski definition) is 0. The molecule has 1 aromatic heterocycles. The number of hydrogen-bond acceptors (Lipinski definition) is 3. The van der Waals surface area contributed by atoms with Gasteiger partial charge in [-0.1, -0.05) is 37.5 Å². The first-order chi connectivity index (χ1) is 13.6. The highest BCUT2D eigenvalue weighted by Crippen LogP contribution is 2.29. The second-order valence-electron chi connectivity index (χ2n) is 7.94. The minimum atomic E-state index is 0.0285. The molecule has 2 heterocycles. The summed E-state index contributed by atoms with van der Waals surface area (Å²) in [5.41, 5.74) is 3.07. The second-order valence-corrected chi connectivity index (χ2v) is 7.94. The molecular weight excluding hydrogens is 352 g/mol. The van der Waals surface area contributed by atoms with Crippen molar-refractivity contribution in [3.63, 3.8) is 0 Å². The highest BCUT2D eigenvalue weighted by Gasteiger charge is 2.31. The molecule has 6 nitrogen and oxygen atoms in total. The van der Waals surface area contributed by atoms with Crippen LogP contribution in [0.15, 0.2) is 36.7 Å². The molecule has 0 unspecified atom stereocenters. The first-order valence-corrected chi connectivity index (χ1v) is 10.3. The largest absolute Gasteiger partial charge is 0.334 e. The van der Waals surface area contributed by atoms with E-state index in [1.54, 1.807) is 9.58 Å². The maximum atomic E-state index is 13.4. The predicted molar refractivity (Wildman–Crippen MR) is 108 cm³/mol. The third-order valence-corrected chi connectivity index (χ3v) is 5.93. The first kappa shape index (κ1) is 18.7. The quantitative estimate of drug-likeness (QED) is 0.801. The maximum absolute atomic E-state index is 13.4. The predicted octanol–water partition coefficient (Wildman–Crippen LogP) is 3.06. The minimum absolute atomic E-state index is 0.0285. The molecule has 0 bridgehead atoms. The van der Waals surface area contributed by atoms with Gasteiger partial charge in [0.05, 0.1) is 6.20 Å². The zero-order chi connectivity index (χ0) is 19.5. The van der Waals surface area contributed by atoms with Crippen LogP contribution in [0.25, 0.3) is 0 Å². The number of amides is 2. The number of aryl methyl sites for hydroxylation is 2. The Kier molecular flexibility index (Phi) is 5.46. The molecule has 1 aromatic carbocycles. The molecule has 28 heavy (non-hydrogen) atoms. The molecule has 0 atom stereocenters. The van der Waals surface area contributed by atoms with Crippen LogP contribution in [0, 0.1) is 0 Å². The van der Waals surface area contributed by atoms with E-state index < -0.39 is 0 Å². The van der Waals surface area contributed by atoms with Gasteiger partial charge in [-0.2, -0.15) is 5.10 Å². The number of benzene rings is 1. The smallest absolute Gasteiger partial charge is 0.243 e. The number of carbonyl (C=O) groups excluding carboxylic acids is 2. The Morgan fingerprint density at radius 3 is 2.71 bits per heavy atom. The first-order valence-electron chi connectivity index (χ1n) is 10.3. The van der Waals surface area contributed by atoms with Gasteiger partial charge in [-0.25, -0.2) is 0 Å². The van der Waals surface area contributed by atoms with Crippen molar-refractivity contribution < 1.29 is 9.59 Å². The van der Waals surface area contributed by atoms with Crippen molar-refractivity contribution in [3.05, 3.63) is 47.8 Å². The van der Waals surface area contributed by atoms with E-state index in [2.05, 4.69) is 5.10 Å². The number of para-hydroxylation sites is 1. The molecule has 0 spiro atoms. The molecule has 1 saturated carbocycles. The molecular formula is C22H28N4O2. The fraction of sp³-hybridized carbons (Fsp3) is 0.500. The fourth-order valence-electron chi connectivity index (χ4n) is 4.46. The average Bonchev–Trinajstić information content (AvgIpc) is 3.14. The Morgan fingerprint density at radius 2 is 1.96 bits per heavy atom. The average molecular weight is 380 g/mol. The molecule has 1 aliphatic carbocycles. The molecule has 148 valence electrons. The summed E-state index contributed by atoms with van der Waals surface area (Å²) in [6.07, 6.45) is 10.6. The van der Waals surface area contributed by atoms with Crippen LogP contribution in [-0.2, 0) is 29.6 Å². The number of aromatic nitrogens is 2. The summed E-state index contributed by atoms with van der Waals surface area (Å²) in [7, 11) is 1.89. The van der Waals surface area contributed by atoms with Crippen LogP contribution in [0.4, 0.5) is 5.69 Å². The Labute approximate surface area is 166 Å². The lowest BCUT2D eigenvalue weighted by atomic mass is 9.93. The van der Waals surface area contributed by atoms with Gasteiger partial charge in [-0.3, -0.25) is 14.3 Å². The van der Waals surface area contributed by atoms with Crippen LogP contribution in [0.5, 0.6) is 0 Å². The van der Waals surface area contributed by atoms with Gasteiger partial charge in [-0.15, -0.1) is 0 Å². The Balaban J connectivity index is 1.55. The number of rotatable bonds is 5. The summed E-state index contributed by atoms with van der Waals surface area (Å²) in [6.45, 7) is 0.674. The lowest BCUT2D eigenvalue weighted by Crippen LogP contribution is -2.48. The van der Waals surface area contributed by atoms with E-state index in [0.717, 1.165) is 48.9 Å². The lowest BCUT2D eigenvalue weighted by Gasteiger charge is -2.36. The van der Waals surface area contributed by atoms with Crippen molar-refractivity contribution in [3.8, 4) is 0 Å². The van der Waals surface area contributed by atoms with Crippen LogP contribution in [0.2, 0.25) is 0 Å². The highest BCUT2D eigenvalue weighted by molar-refractivity contribution is 6.01. The van der Waals surface area contributed by atoms with E-state index in [-0.39, 0.29) is 24.4 Å². The third-order valence-electron chi connectivity index (χ3n) is 5.93.